The molecule has 3 aromatic rings. The fraction of sp³-hybridized carbons (Fsp3) is 0.444. The van der Waals surface area contributed by atoms with Crippen molar-refractivity contribution in [2.45, 2.75) is 51.0 Å². The Kier molecular flexibility index (Phi) is 5.44. The number of carbonyl (C=O) groups excluding carboxylic acids is 1. The first kappa shape index (κ1) is 21.5. The highest BCUT2D eigenvalue weighted by Crippen LogP contribution is 2.41. The third kappa shape index (κ3) is 3.54. The van der Waals surface area contributed by atoms with E-state index in [-0.39, 0.29) is 24.0 Å². The summed E-state index contributed by atoms with van der Waals surface area (Å²) in [7, 11) is 0. The fourth-order valence-corrected chi connectivity index (χ4v) is 5.89. The number of imidazole rings is 1. The Labute approximate surface area is 198 Å². The highest BCUT2D eigenvalue weighted by Gasteiger charge is 2.32. The zero-order valence-corrected chi connectivity index (χ0v) is 19.2. The lowest BCUT2D eigenvalue weighted by Crippen LogP contribution is -2.30. The lowest BCUT2D eigenvalue weighted by atomic mass is 9.94. The molecule has 2 aromatic carbocycles. The minimum atomic E-state index is -0.510. The quantitative estimate of drug-likeness (QED) is 0.592. The van der Waals surface area contributed by atoms with Crippen LogP contribution in [0.2, 0.25) is 0 Å². The Balaban J connectivity index is 1.37. The number of rotatable bonds is 4. The van der Waals surface area contributed by atoms with Gasteiger partial charge in [-0.2, -0.15) is 0 Å². The number of hydrogen-bond donors (Lipinski definition) is 1. The predicted octanol–water partition coefficient (Wildman–Crippen LogP) is 5.06. The van der Waals surface area contributed by atoms with Gasteiger partial charge >= 0.3 is 0 Å². The lowest BCUT2D eigenvalue weighted by Gasteiger charge is -2.23. The first-order valence-corrected chi connectivity index (χ1v) is 12.4. The van der Waals surface area contributed by atoms with Gasteiger partial charge in [0.1, 0.15) is 5.82 Å². The molecule has 1 N–H and O–H groups in total. The fourth-order valence-electron chi connectivity index (χ4n) is 5.89. The number of likely N-dealkylation sites (tertiary alicyclic amines) is 1. The van der Waals surface area contributed by atoms with E-state index in [4.69, 9.17) is 0 Å². The normalized spacial score (nSPS) is 20.4. The number of aliphatic hydroxyl groups is 1. The van der Waals surface area contributed by atoms with E-state index in [1.807, 2.05) is 18.5 Å². The van der Waals surface area contributed by atoms with Crippen LogP contribution in [0.3, 0.4) is 0 Å². The van der Waals surface area contributed by atoms with Crippen molar-refractivity contribution in [3.63, 3.8) is 0 Å². The second kappa shape index (κ2) is 8.62. The van der Waals surface area contributed by atoms with Crippen LogP contribution in [-0.2, 0) is 6.42 Å². The molecule has 1 atom stereocenters. The van der Waals surface area contributed by atoms with Crippen LogP contribution in [0.5, 0.6) is 0 Å². The number of fused-ring (bicyclic) bond motifs is 2. The third-order valence-corrected chi connectivity index (χ3v) is 7.77. The van der Waals surface area contributed by atoms with Crippen molar-refractivity contribution in [1.29, 1.82) is 0 Å². The van der Waals surface area contributed by atoms with E-state index in [2.05, 4.69) is 20.6 Å². The SMILES string of the molecule is O=C(c1c(F)cc(-c2ccc3c(c2)ncn3C2CCCCC2)c2c1CC=N2)N1CC[C@H](CO)C1. The molecule has 2 fully saturated rings. The number of nitrogens with zero attached hydrogens (tertiary/aromatic N) is 4. The zero-order chi connectivity index (χ0) is 23.2. The minimum absolute atomic E-state index is 0.0470. The Morgan fingerprint density at radius 3 is 2.79 bits per heavy atom. The second-order valence-electron chi connectivity index (χ2n) is 9.86. The summed E-state index contributed by atoms with van der Waals surface area (Å²) in [5.41, 5.74) is 5.01. The van der Waals surface area contributed by atoms with Crippen molar-refractivity contribution in [3.8, 4) is 11.1 Å². The van der Waals surface area contributed by atoms with Crippen LogP contribution in [0.4, 0.5) is 10.1 Å². The Hall–Kier alpha value is -3.06. The maximum atomic E-state index is 15.5. The monoisotopic (exact) mass is 460 g/mol. The zero-order valence-electron chi connectivity index (χ0n) is 19.2. The van der Waals surface area contributed by atoms with E-state index in [0.29, 0.717) is 42.4 Å². The van der Waals surface area contributed by atoms with Gasteiger partial charge < -0.3 is 14.6 Å². The van der Waals surface area contributed by atoms with Gasteiger partial charge in [0.2, 0.25) is 0 Å². The Morgan fingerprint density at radius 1 is 1.15 bits per heavy atom. The highest BCUT2D eigenvalue weighted by atomic mass is 19.1. The van der Waals surface area contributed by atoms with Crippen LogP contribution in [0.25, 0.3) is 22.2 Å². The summed E-state index contributed by atoms with van der Waals surface area (Å²) in [4.78, 5) is 24.1. The van der Waals surface area contributed by atoms with Crippen LogP contribution in [0, 0.1) is 11.7 Å². The standard InChI is InChI=1S/C27H29FN4O2/c28-22-13-21(18-6-7-24-23(12-18)30-16-32(24)19-4-2-1-3-5-19)26-20(8-10-29-26)25(22)27(34)31-11-9-17(14-31)15-33/h6-7,10,12-13,16-17,19,33H,1-5,8-9,11,14-15H2/t17-/m0/s1. The summed E-state index contributed by atoms with van der Waals surface area (Å²) < 4.78 is 17.8. The van der Waals surface area contributed by atoms with Gasteiger partial charge in [0.25, 0.3) is 5.91 Å². The first-order chi connectivity index (χ1) is 16.6. The number of amides is 1. The lowest BCUT2D eigenvalue weighted by molar-refractivity contribution is 0.0776. The summed E-state index contributed by atoms with van der Waals surface area (Å²) in [6, 6.07) is 8.05. The molecule has 176 valence electrons. The van der Waals surface area contributed by atoms with Gasteiger partial charge in [-0.3, -0.25) is 9.79 Å². The molecule has 1 saturated heterocycles. The molecule has 0 unspecified atom stereocenters. The molecule has 0 bridgehead atoms. The average Bonchev–Trinajstić information content (AvgIpc) is 3.62. The second-order valence-corrected chi connectivity index (χ2v) is 9.86. The molecule has 3 aliphatic rings. The van der Waals surface area contributed by atoms with E-state index >= 15 is 4.39 Å². The third-order valence-electron chi connectivity index (χ3n) is 7.77. The van der Waals surface area contributed by atoms with Crippen molar-refractivity contribution in [1.82, 2.24) is 14.5 Å². The van der Waals surface area contributed by atoms with Gasteiger partial charge in [-0.05, 0) is 48.6 Å². The molecular weight excluding hydrogens is 431 g/mol. The van der Waals surface area contributed by atoms with Crippen molar-refractivity contribution in [2.75, 3.05) is 19.7 Å². The highest BCUT2D eigenvalue weighted by molar-refractivity contribution is 6.02. The molecule has 0 radical (unpaired) electrons. The molecule has 1 aliphatic carbocycles. The molecule has 3 heterocycles. The number of halogens is 1. The van der Waals surface area contributed by atoms with Gasteiger partial charge in [-0.25, -0.2) is 9.37 Å². The number of carbonyl (C=O) groups is 1. The van der Waals surface area contributed by atoms with Crippen molar-refractivity contribution in [3.05, 3.63) is 47.5 Å². The van der Waals surface area contributed by atoms with Gasteiger partial charge in [-0.1, -0.05) is 25.3 Å². The van der Waals surface area contributed by atoms with Gasteiger partial charge in [0, 0.05) is 49.9 Å². The van der Waals surface area contributed by atoms with Gasteiger partial charge in [0.05, 0.1) is 28.6 Å². The van der Waals surface area contributed by atoms with E-state index < -0.39 is 5.82 Å². The molecule has 7 heteroatoms. The molecule has 34 heavy (non-hydrogen) atoms. The van der Waals surface area contributed by atoms with Crippen molar-refractivity contribution < 1.29 is 14.3 Å². The van der Waals surface area contributed by atoms with Gasteiger partial charge in [-0.15, -0.1) is 0 Å². The van der Waals surface area contributed by atoms with Crippen molar-refractivity contribution in [2.24, 2.45) is 10.9 Å². The smallest absolute Gasteiger partial charge is 0.257 e. The molecule has 1 aromatic heterocycles. The van der Waals surface area contributed by atoms with Crippen LogP contribution < -0.4 is 0 Å². The number of aromatic nitrogens is 2. The van der Waals surface area contributed by atoms with E-state index in [1.165, 1.54) is 38.2 Å². The van der Waals surface area contributed by atoms with Crippen LogP contribution in [0.1, 0.15) is 60.5 Å². The van der Waals surface area contributed by atoms with Crippen LogP contribution in [0.15, 0.2) is 35.6 Å². The molecule has 1 amide bonds. The summed E-state index contributed by atoms with van der Waals surface area (Å²) >= 11 is 0. The molecule has 6 nitrogen and oxygen atoms in total. The number of aliphatic hydroxyl groups excluding tert-OH is 1. The van der Waals surface area contributed by atoms with E-state index in [1.54, 1.807) is 11.1 Å². The van der Waals surface area contributed by atoms with Crippen LogP contribution >= 0.6 is 0 Å². The van der Waals surface area contributed by atoms with Crippen LogP contribution in [-0.4, -0.2) is 51.4 Å². The Morgan fingerprint density at radius 2 is 2.00 bits per heavy atom. The largest absolute Gasteiger partial charge is 0.396 e. The number of aliphatic imine (C=N–C) groups is 1. The minimum Gasteiger partial charge on any atom is -0.396 e. The maximum absolute atomic E-state index is 15.5. The predicted molar refractivity (Wildman–Crippen MR) is 130 cm³/mol. The topological polar surface area (TPSA) is 70.7 Å². The van der Waals surface area contributed by atoms with E-state index in [9.17, 15) is 9.90 Å². The molecule has 0 spiro atoms. The molecule has 2 aliphatic heterocycles. The number of benzene rings is 2. The first-order valence-electron chi connectivity index (χ1n) is 12.4. The molecular formula is C27H29FN4O2. The Bertz CT molecular complexity index is 1290. The summed E-state index contributed by atoms with van der Waals surface area (Å²) in [5.74, 6) is -0.747. The van der Waals surface area contributed by atoms with E-state index in [0.717, 1.165) is 23.0 Å². The summed E-state index contributed by atoms with van der Waals surface area (Å²) in [6.45, 7) is 1.05. The average molecular weight is 461 g/mol. The molecule has 6 rings (SSSR count). The summed E-state index contributed by atoms with van der Waals surface area (Å²) in [6.07, 6.45) is 11.1. The van der Waals surface area contributed by atoms with Gasteiger partial charge in [0.15, 0.2) is 0 Å². The summed E-state index contributed by atoms with van der Waals surface area (Å²) in [5, 5.41) is 9.42. The molecule has 1 saturated carbocycles. The van der Waals surface area contributed by atoms with Crippen molar-refractivity contribution >= 4 is 28.8 Å². The number of hydrogen-bond acceptors (Lipinski definition) is 4. The maximum Gasteiger partial charge on any atom is 0.257 e.